The van der Waals surface area contributed by atoms with Gasteiger partial charge in [0.25, 0.3) is 0 Å². The fourth-order valence-electron chi connectivity index (χ4n) is 2.14. The van der Waals surface area contributed by atoms with E-state index in [2.05, 4.69) is 39.0 Å². The molecule has 2 heterocycles. The van der Waals surface area contributed by atoms with Crippen molar-refractivity contribution in [3.8, 4) is 6.01 Å². The number of ether oxygens (including phenoxy) is 1. The third-order valence-electron chi connectivity index (χ3n) is 3.29. The summed E-state index contributed by atoms with van der Waals surface area (Å²) in [5.41, 5.74) is 0. The molecule has 1 atom stereocenters. The molecule has 1 aliphatic rings. The Morgan fingerprint density at radius 3 is 2.86 bits per heavy atom. The highest BCUT2D eigenvalue weighted by Crippen LogP contribution is 2.25. The smallest absolute Gasteiger partial charge is 0.323 e. The second-order valence-electron chi connectivity index (χ2n) is 4.95. The third kappa shape index (κ3) is 4.62. The quantitative estimate of drug-likeness (QED) is 0.829. The van der Waals surface area contributed by atoms with Crippen LogP contribution in [0.1, 0.15) is 33.6 Å². The van der Waals surface area contributed by atoms with Crippen LogP contribution in [0.2, 0.25) is 0 Å². The maximum Gasteiger partial charge on any atom is 0.323 e. The van der Waals surface area contributed by atoms with Crippen LogP contribution in [0.5, 0.6) is 6.01 Å². The molecule has 0 bridgehead atoms. The summed E-state index contributed by atoms with van der Waals surface area (Å²) in [5, 5.41) is 3.87. The van der Waals surface area contributed by atoms with Crippen molar-refractivity contribution in [3.63, 3.8) is 0 Å². The molecule has 1 saturated heterocycles. The highest BCUT2D eigenvalue weighted by molar-refractivity contribution is 8.00. The minimum atomic E-state index is 0.410. The first-order valence-electron chi connectivity index (χ1n) is 7.76. The number of hydrogen-bond acceptors (Lipinski definition) is 7. The van der Waals surface area contributed by atoms with Crippen LogP contribution in [0.15, 0.2) is 0 Å². The SMILES string of the molecule is CCCNc1nc(OCC)nc(N2CCSC(CC)C2)n1. The van der Waals surface area contributed by atoms with Crippen LogP contribution in [0.4, 0.5) is 11.9 Å². The van der Waals surface area contributed by atoms with Crippen molar-refractivity contribution in [2.45, 2.75) is 38.9 Å². The largest absolute Gasteiger partial charge is 0.464 e. The first-order valence-corrected chi connectivity index (χ1v) is 8.81. The van der Waals surface area contributed by atoms with E-state index in [1.165, 1.54) is 6.42 Å². The summed E-state index contributed by atoms with van der Waals surface area (Å²) in [7, 11) is 0. The molecule has 0 aliphatic carbocycles. The van der Waals surface area contributed by atoms with Gasteiger partial charge < -0.3 is 15.0 Å². The molecule has 1 N–H and O–H groups in total. The van der Waals surface area contributed by atoms with E-state index in [0.717, 1.165) is 37.8 Å². The van der Waals surface area contributed by atoms with E-state index in [-0.39, 0.29) is 0 Å². The zero-order valence-electron chi connectivity index (χ0n) is 13.1. The number of thioether (sulfide) groups is 1. The van der Waals surface area contributed by atoms with Gasteiger partial charge in [0.1, 0.15) is 0 Å². The molecule has 21 heavy (non-hydrogen) atoms. The van der Waals surface area contributed by atoms with Crippen LogP contribution < -0.4 is 15.0 Å². The fourth-order valence-corrected chi connectivity index (χ4v) is 3.32. The van der Waals surface area contributed by atoms with Crippen molar-refractivity contribution in [1.29, 1.82) is 0 Å². The molecule has 118 valence electrons. The van der Waals surface area contributed by atoms with Gasteiger partial charge in [-0.3, -0.25) is 0 Å². The molecule has 1 aromatic heterocycles. The summed E-state index contributed by atoms with van der Waals surface area (Å²) in [6, 6.07) is 0.410. The van der Waals surface area contributed by atoms with Gasteiger partial charge in [0, 0.05) is 30.6 Å². The highest BCUT2D eigenvalue weighted by atomic mass is 32.2. The molecule has 2 rings (SSSR count). The lowest BCUT2D eigenvalue weighted by Gasteiger charge is -2.32. The lowest BCUT2D eigenvalue weighted by molar-refractivity contribution is 0.312. The Bertz CT molecular complexity index is 445. The van der Waals surface area contributed by atoms with Crippen LogP contribution >= 0.6 is 11.8 Å². The van der Waals surface area contributed by atoms with Gasteiger partial charge >= 0.3 is 6.01 Å². The first kappa shape index (κ1) is 16.1. The summed E-state index contributed by atoms with van der Waals surface area (Å²) >= 11 is 2.03. The van der Waals surface area contributed by atoms with Gasteiger partial charge in [0.15, 0.2) is 0 Å². The van der Waals surface area contributed by atoms with Crippen LogP contribution in [0.3, 0.4) is 0 Å². The molecule has 0 amide bonds. The third-order valence-corrected chi connectivity index (χ3v) is 4.66. The standard InChI is InChI=1S/C14H25N5OS/c1-4-7-15-12-16-13(18-14(17-12)20-6-3)19-8-9-21-11(5-2)10-19/h11H,4-10H2,1-3H3,(H,15,16,17,18). The summed E-state index contributed by atoms with van der Waals surface area (Å²) < 4.78 is 5.48. The number of aromatic nitrogens is 3. The van der Waals surface area contributed by atoms with Crippen molar-refractivity contribution in [2.75, 3.05) is 42.2 Å². The number of rotatable bonds is 7. The van der Waals surface area contributed by atoms with E-state index < -0.39 is 0 Å². The number of nitrogens with zero attached hydrogens (tertiary/aromatic N) is 4. The van der Waals surface area contributed by atoms with Gasteiger partial charge in [0.2, 0.25) is 11.9 Å². The summed E-state index contributed by atoms with van der Waals surface area (Å²) in [4.78, 5) is 15.6. The van der Waals surface area contributed by atoms with E-state index in [9.17, 15) is 0 Å². The van der Waals surface area contributed by atoms with E-state index in [1.807, 2.05) is 18.7 Å². The maximum absolute atomic E-state index is 5.48. The van der Waals surface area contributed by atoms with Gasteiger partial charge in [0.05, 0.1) is 6.61 Å². The Morgan fingerprint density at radius 1 is 1.29 bits per heavy atom. The van der Waals surface area contributed by atoms with E-state index in [4.69, 9.17) is 4.74 Å². The monoisotopic (exact) mass is 311 g/mol. The Balaban J connectivity index is 2.17. The van der Waals surface area contributed by atoms with E-state index in [0.29, 0.717) is 23.8 Å². The molecule has 1 aromatic rings. The van der Waals surface area contributed by atoms with Gasteiger partial charge in [-0.2, -0.15) is 26.7 Å². The highest BCUT2D eigenvalue weighted by Gasteiger charge is 2.22. The first-order chi connectivity index (χ1) is 10.3. The summed E-state index contributed by atoms with van der Waals surface area (Å²) in [5.74, 6) is 2.45. The minimum absolute atomic E-state index is 0.410. The molecule has 0 radical (unpaired) electrons. The van der Waals surface area contributed by atoms with Crippen LogP contribution in [-0.4, -0.2) is 52.2 Å². The molecular formula is C14H25N5OS. The zero-order valence-corrected chi connectivity index (χ0v) is 13.9. The zero-order chi connectivity index (χ0) is 15.1. The molecule has 0 spiro atoms. The normalized spacial score (nSPS) is 18.6. The summed E-state index contributed by atoms with van der Waals surface area (Å²) in [6.07, 6.45) is 2.20. The molecule has 1 unspecified atom stereocenters. The number of anilines is 2. The summed E-state index contributed by atoms with van der Waals surface area (Å²) in [6.45, 7) is 9.66. The second-order valence-corrected chi connectivity index (χ2v) is 6.36. The molecular weight excluding hydrogens is 286 g/mol. The van der Waals surface area contributed by atoms with E-state index in [1.54, 1.807) is 0 Å². The van der Waals surface area contributed by atoms with Gasteiger partial charge in [-0.15, -0.1) is 0 Å². The molecule has 1 fully saturated rings. The predicted molar refractivity (Wildman–Crippen MR) is 88.5 cm³/mol. The minimum Gasteiger partial charge on any atom is -0.464 e. The average Bonchev–Trinajstić information content (AvgIpc) is 2.53. The predicted octanol–water partition coefficient (Wildman–Crippen LogP) is 2.42. The molecule has 0 aromatic carbocycles. The Morgan fingerprint density at radius 2 is 2.14 bits per heavy atom. The van der Waals surface area contributed by atoms with Crippen molar-refractivity contribution >= 4 is 23.7 Å². The van der Waals surface area contributed by atoms with Crippen molar-refractivity contribution in [3.05, 3.63) is 0 Å². The van der Waals surface area contributed by atoms with E-state index >= 15 is 0 Å². The Hall–Kier alpha value is -1.24. The Labute approximate surface area is 131 Å². The molecule has 6 nitrogen and oxygen atoms in total. The van der Waals surface area contributed by atoms with Crippen molar-refractivity contribution < 1.29 is 4.74 Å². The maximum atomic E-state index is 5.48. The van der Waals surface area contributed by atoms with Crippen molar-refractivity contribution in [1.82, 2.24) is 15.0 Å². The van der Waals surface area contributed by atoms with Crippen LogP contribution in [0, 0.1) is 0 Å². The average molecular weight is 311 g/mol. The molecule has 7 heteroatoms. The fraction of sp³-hybridized carbons (Fsp3) is 0.786. The lowest BCUT2D eigenvalue weighted by Crippen LogP contribution is -2.38. The van der Waals surface area contributed by atoms with Gasteiger partial charge in [-0.25, -0.2) is 0 Å². The van der Waals surface area contributed by atoms with Gasteiger partial charge in [-0.1, -0.05) is 13.8 Å². The number of nitrogens with one attached hydrogen (secondary N) is 1. The molecule has 1 aliphatic heterocycles. The van der Waals surface area contributed by atoms with Crippen LogP contribution in [-0.2, 0) is 0 Å². The van der Waals surface area contributed by atoms with Crippen molar-refractivity contribution in [2.24, 2.45) is 0 Å². The topological polar surface area (TPSA) is 63.2 Å². The lowest BCUT2D eigenvalue weighted by atomic mass is 10.3. The Kier molecular flexibility index (Phi) is 6.35. The van der Waals surface area contributed by atoms with Crippen LogP contribution in [0.25, 0.3) is 0 Å². The molecule has 0 saturated carbocycles. The number of hydrogen-bond donors (Lipinski definition) is 1. The second kappa shape index (κ2) is 8.26. The van der Waals surface area contributed by atoms with Gasteiger partial charge in [-0.05, 0) is 19.8 Å².